The Morgan fingerprint density at radius 1 is 1.03 bits per heavy atom. The van der Waals surface area contributed by atoms with E-state index in [1.165, 1.54) is 0 Å². The molecule has 1 aliphatic carbocycles. The average molecular weight is 445 g/mol. The third kappa shape index (κ3) is 4.65. The topological polar surface area (TPSA) is 93.0 Å². The van der Waals surface area contributed by atoms with Crippen LogP contribution in [0.4, 0.5) is 5.69 Å². The molecule has 2 aliphatic rings. The molecule has 0 radical (unpaired) electrons. The van der Waals surface area contributed by atoms with Crippen LogP contribution in [0, 0.1) is 19.8 Å². The first-order valence-electron chi connectivity index (χ1n) is 11.5. The maximum absolute atomic E-state index is 13.1. The van der Waals surface area contributed by atoms with E-state index in [0.29, 0.717) is 30.4 Å². The Hall–Kier alpha value is -3.55. The molecule has 33 heavy (non-hydrogen) atoms. The third-order valence-electron chi connectivity index (χ3n) is 6.32. The van der Waals surface area contributed by atoms with Gasteiger partial charge in [-0.15, -0.1) is 5.10 Å². The van der Waals surface area contributed by atoms with Crippen LogP contribution in [0.1, 0.15) is 53.2 Å². The second-order valence-electron chi connectivity index (χ2n) is 9.21. The molecule has 8 heteroatoms. The lowest BCUT2D eigenvalue weighted by atomic mass is 9.96. The molecule has 0 bridgehead atoms. The molecule has 3 aromatic rings. The van der Waals surface area contributed by atoms with E-state index in [1.54, 1.807) is 0 Å². The molecule has 1 aromatic heterocycles. The summed E-state index contributed by atoms with van der Waals surface area (Å²) in [6, 6.07) is 13.9. The Labute approximate surface area is 193 Å². The van der Waals surface area contributed by atoms with Crippen LogP contribution >= 0.6 is 0 Å². The van der Waals surface area contributed by atoms with E-state index in [-0.39, 0.29) is 17.7 Å². The van der Waals surface area contributed by atoms with Crippen molar-refractivity contribution in [3.8, 4) is 11.4 Å². The number of piperidine rings is 1. The quantitative estimate of drug-likeness (QED) is 0.646. The molecule has 1 unspecified atom stereocenters. The van der Waals surface area contributed by atoms with Crippen LogP contribution in [-0.2, 0) is 4.79 Å². The molecule has 2 fully saturated rings. The lowest BCUT2D eigenvalue weighted by Gasteiger charge is -2.32. The van der Waals surface area contributed by atoms with Crippen molar-refractivity contribution in [2.75, 3.05) is 18.4 Å². The summed E-state index contributed by atoms with van der Waals surface area (Å²) in [5.41, 5.74) is 4.41. The minimum absolute atomic E-state index is 0.00629. The van der Waals surface area contributed by atoms with E-state index >= 15 is 0 Å². The van der Waals surface area contributed by atoms with Crippen molar-refractivity contribution in [1.82, 2.24) is 25.1 Å². The first-order chi connectivity index (χ1) is 16.0. The van der Waals surface area contributed by atoms with Gasteiger partial charge in [0.15, 0.2) is 5.82 Å². The van der Waals surface area contributed by atoms with Crippen LogP contribution in [0.15, 0.2) is 42.5 Å². The SMILES string of the molecule is Cc1cc(C)cc(C(=O)N2CCCC(C(=O)Nc3cccc(-c4nnnn4C4CC4)c3)C2)c1. The van der Waals surface area contributed by atoms with Crippen molar-refractivity contribution < 1.29 is 9.59 Å². The average Bonchev–Trinajstić information content (AvgIpc) is 3.54. The van der Waals surface area contributed by atoms with Gasteiger partial charge in [0.2, 0.25) is 5.91 Å². The molecular weight excluding hydrogens is 416 g/mol. The molecule has 1 saturated carbocycles. The first-order valence-corrected chi connectivity index (χ1v) is 11.5. The Bertz CT molecular complexity index is 1180. The number of tetrazole rings is 1. The fourth-order valence-corrected chi connectivity index (χ4v) is 4.59. The number of anilines is 1. The predicted molar refractivity (Wildman–Crippen MR) is 125 cm³/mol. The van der Waals surface area contributed by atoms with Crippen LogP contribution in [-0.4, -0.2) is 50.0 Å². The highest BCUT2D eigenvalue weighted by Crippen LogP contribution is 2.36. The molecule has 8 nitrogen and oxygen atoms in total. The van der Waals surface area contributed by atoms with Gasteiger partial charge in [-0.3, -0.25) is 9.59 Å². The number of hydrogen-bond donors (Lipinski definition) is 1. The van der Waals surface area contributed by atoms with Crippen molar-refractivity contribution in [2.45, 2.75) is 45.6 Å². The van der Waals surface area contributed by atoms with Crippen LogP contribution in [0.25, 0.3) is 11.4 Å². The van der Waals surface area contributed by atoms with E-state index < -0.39 is 0 Å². The van der Waals surface area contributed by atoms with Gasteiger partial charge in [-0.25, -0.2) is 4.68 Å². The fraction of sp³-hybridized carbons (Fsp3) is 0.400. The number of rotatable bonds is 5. The summed E-state index contributed by atoms with van der Waals surface area (Å²) in [4.78, 5) is 27.9. The molecule has 1 aliphatic heterocycles. The van der Waals surface area contributed by atoms with Crippen molar-refractivity contribution in [3.63, 3.8) is 0 Å². The zero-order valence-electron chi connectivity index (χ0n) is 19.0. The molecule has 1 atom stereocenters. The summed E-state index contributed by atoms with van der Waals surface area (Å²) in [6.45, 7) is 5.09. The van der Waals surface area contributed by atoms with Crippen LogP contribution in [0.2, 0.25) is 0 Å². The van der Waals surface area contributed by atoms with Crippen molar-refractivity contribution in [3.05, 3.63) is 59.2 Å². The molecular formula is C25H28N6O2. The minimum Gasteiger partial charge on any atom is -0.338 e. The zero-order valence-corrected chi connectivity index (χ0v) is 19.0. The smallest absolute Gasteiger partial charge is 0.253 e. The molecule has 0 spiro atoms. The molecule has 2 aromatic carbocycles. The number of nitrogens with one attached hydrogen (secondary N) is 1. The lowest BCUT2D eigenvalue weighted by molar-refractivity contribution is -0.121. The van der Waals surface area contributed by atoms with Gasteiger partial charge in [-0.1, -0.05) is 29.3 Å². The second kappa shape index (κ2) is 8.77. The number of amides is 2. The zero-order chi connectivity index (χ0) is 22.9. The van der Waals surface area contributed by atoms with Crippen molar-refractivity contribution in [2.24, 2.45) is 5.92 Å². The van der Waals surface area contributed by atoms with Gasteiger partial charge < -0.3 is 10.2 Å². The summed E-state index contributed by atoms with van der Waals surface area (Å²) < 4.78 is 1.86. The summed E-state index contributed by atoms with van der Waals surface area (Å²) in [5, 5.41) is 15.1. The van der Waals surface area contributed by atoms with E-state index in [9.17, 15) is 9.59 Å². The van der Waals surface area contributed by atoms with Crippen LogP contribution in [0.5, 0.6) is 0 Å². The summed E-state index contributed by atoms with van der Waals surface area (Å²) in [6.07, 6.45) is 3.76. The Balaban J connectivity index is 1.27. The molecule has 2 amide bonds. The van der Waals surface area contributed by atoms with Gasteiger partial charge in [0.05, 0.1) is 12.0 Å². The van der Waals surface area contributed by atoms with Gasteiger partial charge in [0.1, 0.15) is 0 Å². The predicted octanol–water partition coefficient (Wildman–Crippen LogP) is 3.78. The number of carbonyl (C=O) groups is 2. The molecule has 1 saturated heterocycles. The normalized spacial score (nSPS) is 18.2. The summed E-state index contributed by atoms with van der Waals surface area (Å²) >= 11 is 0. The van der Waals surface area contributed by atoms with Crippen molar-refractivity contribution >= 4 is 17.5 Å². The lowest BCUT2D eigenvalue weighted by Crippen LogP contribution is -2.43. The highest BCUT2D eigenvalue weighted by molar-refractivity contribution is 5.96. The highest BCUT2D eigenvalue weighted by atomic mass is 16.2. The number of nitrogens with zero attached hydrogens (tertiary/aromatic N) is 5. The van der Waals surface area contributed by atoms with E-state index in [1.807, 2.05) is 59.8 Å². The summed E-state index contributed by atoms with van der Waals surface area (Å²) in [7, 11) is 0. The number of carbonyl (C=O) groups excluding carboxylic acids is 2. The van der Waals surface area contributed by atoms with Gasteiger partial charge in [-0.05, 0) is 74.2 Å². The number of benzene rings is 2. The van der Waals surface area contributed by atoms with Gasteiger partial charge >= 0.3 is 0 Å². The van der Waals surface area contributed by atoms with Gasteiger partial charge in [0, 0.05) is 29.9 Å². The minimum atomic E-state index is -0.242. The van der Waals surface area contributed by atoms with Crippen molar-refractivity contribution in [1.29, 1.82) is 0 Å². The Kier molecular flexibility index (Phi) is 5.66. The largest absolute Gasteiger partial charge is 0.338 e. The monoisotopic (exact) mass is 444 g/mol. The maximum Gasteiger partial charge on any atom is 0.253 e. The molecule has 2 heterocycles. The molecule has 1 N–H and O–H groups in total. The Morgan fingerprint density at radius 2 is 1.82 bits per heavy atom. The first kappa shape index (κ1) is 21.3. The molecule has 5 rings (SSSR count). The van der Waals surface area contributed by atoms with Gasteiger partial charge in [0.25, 0.3) is 5.91 Å². The van der Waals surface area contributed by atoms with E-state index in [0.717, 1.165) is 48.2 Å². The standard InChI is InChI=1S/C25H28N6O2/c1-16-11-17(2)13-20(12-16)25(33)30-10-4-6-19(15-30)24(32)26-21-7-3-5-18(14-21)23-27-28-29-31(23)22-8-9-22/h3,5,7,11-14,19,22H,4,6,8-10,15H2,1-2H3,(H,26,32). The maximum atomic E-state index is 13.1. The third-order valence-corrected chi connectivity index (χ3v) is 6.32. The fourth-order valence-electron chi connectivity index (χ4n) is 4.59. The van der Waals surface area contributed by atoms with E-state index in [2.05, 4.69) is 26.9 Å². The summed E-state index contributed by atoms with van der Waals surface area (Å²) in [5.74, 6) is 0.408. The van der Waals surface area contributed by atoms with Crippen LogP contribution in [0.3, 0.4) is 0 Å². The molecule has 170 valence electrons. The number of likely N-dealkylation sites (tertiary alicyclic amines) is 1. The Morgan fingerprint density at radius 3 is 2.58 bits per heavy atom. The second-order valence-corrected chi connectivity index (χ2v) is 9.21. The number of hydrogen-bond acceptors (Lipinski definition) is 5. The van der Waals surface area contributed by atoms with Crippen LogP contribution < -0.4 is 5.32 Å². The highest BCUT2D eigenvalue weighted by Gasteiger charge is 2.30. The number of aryl methyl sites for hydroxylation is 2. The van der Waals surface area contributed by atoms with Gasteiger partial charge in [-0.2, -0.15) is 0 Å². The number of aromatic nitrogens is 4. The van der Waals surface area contributed by atoms with E-state index in [4.69, 9.17) is 0 Å².